The number of hydrogen-bond donors (Lipinski definition) is 4. The van der Waals surface area contributed by atoms with Crippen LogP contribution in [0.4, 0.5) is 19.3 Å². The average molecular weight is 739 g/mol. The summed E-state index contributed by atoms with van der Waals surface area (Å²) >= 11 is 0. The number of nitrogens with zero attached hydrogens (tertiary/aromatic N) is 1. The van der Waals surface area contributed by atoms with Gasteiger partial charge in [-0.1, -0.05) is 38.5 Å². The van der Waals surface area contributed by atoms with Gasteiger partial charge in [0.2, 0.25) is 0 Å². The van der Waals surface area contributed by atoms with Crippen molar-refractivity contribution in [1.82, 2.24) is 4.90 Å². The molecule has 1 fully saturated rings. The lowest BCUT2D eigenvalue weighted by Gasteiger charge is -2.46. The van der Waals surface area contributed by atoms with Crippen LogP contribution in [0.2, 0.25) is 0 Å². The summed E-state index contributed by atoms with van der Waals surface area (Å²) in [6.07, 6.45) is -4.10. The number of carbonyl (C=O) groups is 4. The number of aliphatic hydroxyl groups excluding tert-OH is 3. The number of hydrogen-bond acceptors (Lipinski definition) is 12. The number of ether oxygens (including phenoxy) is 4. The SMILES string of the molecule is CC[C@H]1OC(=O)C[C@@H](O)[C@H](C)[C@@H](O[C@@H]2O[C@H](C)[C@@H](O)[C@H](N(C)C)[C@H]2O)C(C=O)C[C@@H](C)C(=O)/C=C/C(C)=C/[C@@H]1COC(=O)Nc1cc(F)cc(F)c1. The quantitative estimate of drug-likeness (QED) is 0.225. The Labute approximate surface area is 302 Å². The second-order valence-corrected chi connectivity index (χ2v) is 13.9. The lowest BCUT2D eigenvalue weighted by molar-refractivity contribution is -0.302. The number of aldehydes is 1. The van der Waals surface area contributed by atoms with E-state index in [0.717, 1.165) is 12.1 Å². The molecule has 1 amide bonds. The predicted molar refractivity (Wildman–Crippen MR) is 185 cm³/mol. The Morgan fingerprint density at radius 3 is 2.31 bits per heavy atom. The van der Waals surface area contributed by atoms with Gasteiger partial charge in [0.25, 0.3) is 0 Å². The summed E-state index contributed by atoms with van der Waals surface area (Å²) in [6, 6.07) is 1.69. The van der Waals surface area contributed by atoms with Gasteiger partial charge >= 0.3 is 12.1 Å². The predicted octanol–water partition coefficient (Wildman–Crippen LogP) is 3.55. The number of esters is 1. The Bertz CT molecular complexity index is 1440. The first-order chi connectivity index (χ1) is 24.4. The van der Waals surface area contributed by atoms with Crippen LogP contribution in [0.3, 0.4) is 0 Å². The van der Waals surface area contributed by atoms with Crippen LogP contribution >= 0.6 is 0 Å². The van der Waals surface area contributed by atoms with E-state index >= 15 is 0 Å². The van der Waals surface area contributed by atoms with E-state index in [4.69, 9.17) is 18.9 Å². The van der Waals surface area contributed by atoms with E-state index in [-0.39, 0.29) is 30.9 Å². The van der Waals surface area contributed by atoms with Gasteiger partial charge in [0.1, 0.15) is 36.7 Å². The highest BCUT2D eigenvalue weighted by Gasteiger charge is 2.47. The second-order valence-electron chi connectivity index (χ2n) is 13.9. The molecule has 15 heteroatoms. The summed E-state index contributed by atoms with van der Waals surface area (Å²) < 4.78 is 50.4. The van der Waals surface area contributed by atoms with Crippen LogP contribution in [-0.2, 0) is 33.3 Å². The molecule has 1 saturated heterocycles. The zero-order valence-corrected chi connectivity index (χ0v) is 30.6. The summed E-state index contributed by atoms with van der Waals surface area (Å²) in [7, 11) is 3.35. The molecule has 0 aromatic heterocycles. The molecule has 0 bridgehead atoms. The molecule has 0 saturated carbocycles. The van der Waals surface area contributed by atoms with Gasteiger partial charge in [-0.3, -0.25) is 14.9 Å². The van der Waals surface area contributed by atoms with Gasteiger partial charge in [0.05, 0.1) is 36.9 Å². The molecule has 3 rings (SSSR count). The van der Waals surface area contributed by atoms with Gasteiger partial charge in [-0.05, 0) is 59.0 Å². The van der Waals surface area contributed by atoms with Crippen LogP contribution in [0, 0.1) is 35.3 Å². The number of rotatable bonds is 8. The number of halogens is 2. The van der Waals surface area contributed by atoms with Crippen LogP contribution in [0.25, 0.3) is 0 Å². The van der Waals surface area contributed by atoms with E-state index in [2.05, 4.69) is 5.32 Å². The Kier molecular flexibility index (Phi) is 16.0. The number of nitrogens with one attached hydrogen (secondary N) is 1. The smallest absolute Gasteiger partial charge is 0.411 e. The van der Waals surface area contributed by atoms with Gasteiger partial charge in [0, 0.05) is 35.4 Å². The standard InChI is InChI=1S/C37H52F2N2O11/c1-8-30-24(18-49-37(48)40-27-14-25(38)13-26(39)15-27)11-19(2)9-10-28(43)20(3)12-23(17-42)35(21(4)29(44)16-31(45)51-30)52-36-34(47)32(41(6)7)33(46)22(5)50-36/h9-11,13-15,17,20-24,29-30,32-36,44,46-47H,8,12,16,18H2,1-7H3,(H,40,48)/b10-9+,19-11+/t20-,21+,22-,23?,24-,29-,30-,32+,33-,34-,35-,36+/m1/s1. The van der Waals surface area contributed by atoms with Crippen molar-refractivity contribution in [2.45, 2.75) is 103 Å². The molecule has 1 aromatic carbocycles. The van der Waals surface area contributed by atoms with Gasteiger partial charge in [-0.2, -0.15) is 0 Å². The molecule has 12 atom stereocenters. The number of anilines is 1. The Morgan fingerprint density at radius 1 is 1.06 bits per heavy atom. The summed E-state index contributed by atoms with van der Waals surface area (Å²) in [4.78, 5) is 53.3. The largest absolute Gasteiger partial charge is 0.462 e. The third-order valence-corrected chi connectivity index (χ3v) is 9.57. The first-order valence-corrected chi connectivity index (χ1v) is 17.4. The highest BCUT2D eigenvalue weighted by molar-refractivity contribution is 5.92. The fraction of sp³-hybridized carbons (Fsp3) is 0.622. The summed E-state index contributed by atoms with van der Waals surface area (Å²) in [6.45, 7) is 7.90. The molecular weight excluding hydrogens is 686 g/mol. The van der Waals surface area contributed by atoms with E-state index in [0.29, 0.717) is 17.9 Å². The van der Waals surface area contributed by atoms with Crippen LogP contribution in [0.5, 0.6) is 0 Å². The molecule has 2 heterocycles. The van der Waals surface area contributed by atoms with Crippen LogP contribution in [-0.4, -0.2) is 114 Å². The molecule has 2 aliphatic rings. The number of likely N-dealkylation sites (N-methyl/N-ethyl adjacent to an activating group) is 1. The fourth-order valence-electron chi connectivity index (χ4n) is 6.55. The van der Waals surface area contributed by atoms with Crippen molar-refractivity contribution in [3.63, 3.8) is 0 Å². The number of ketones is 1. The Morgan fingerprint density at radius 2 is 1.71 bits per heavy atom. The third kappa shape index (κ3) is 11.7. The lowest BCUT2D eigenvalue weighted by atomic mass is 9.81. The summed E-state index contributed by atoms with van der Waals surface area (Å²) in [5, 5.41) is 35.4. The Hall–Kier alpha value is -3.60. The fourth-order valence-corrected chi connectivity index (χ4v) is 6.55. The van der Waals surface area contributed by atoms with Gasteiger partial charge in [-0.25, -0.2) is 13.6 Å². The van der Waals surface area contributed by atoms with Crippen molar-refractivity contribution in [2.75, 3.05) is 26.0 Å². The number of carbonyl (C=O) groups excluding carboxylic acids is 4. The second kappa shape index (κ2) is 19.5. The number of cyclic esters (lactones) is 1. The number of amides is 1. The van der Waals surface area contributed by atoms with Gasteiger partial charge < -0.3 is 44.0 Å². The molecule has 52 heavy (non-hydrogen) atoms. The van der Waals surface area contributed by atoms with Crippen molar-refractivity contribution >= 4 is 29.8 Å². The topological polar surface area (TPSA) is 181 Å². The first-order valence-electron chi connectivity index (χ1n) is 17.4. The maximum absolute atomic E-state index is 13.6. The monoisotopic (exact) mass is 738 g/mol. The first kappa shape index (κ1) is 42.8. The zero-order chi connectivity index (χ0) is 38.9. The zero-order valence-electron chi connectivity index (χ0n) is 30.6. The third-order valence-electron chi connectivity index (χ3n) is 9.57. The normalized spacial score (nSPS) is 35.6. The molecule has 0 radical (unpaired) electrons. The van der Waals surface area contributed by atoms with Crippen molar-refractivity contribution < 1.29 is 62.2 Å². The minimum absolute atomic E-state index is 0.00158. The average Bonchev–Trinajstić information content (AvgIpc) is 3.06. The minimum Gasteiger partial charge on any atom is -0.462 e. The number of aliphatic hydroxyl groups is 3. The minimum atomic E-state index is -1.42. The maximum atomic E-state index is 13.6. The molecule has 1 aromatic rings. The van der Waals surface area contributed by atoms with Crippen molar-refractivity contribution in [2.24, 2.45) is 23.7 Å². The molecule has 290 valence electrons. The summed E-state index contributed by atoms with van der Waals surface area (Å²) in [5.41, 5.74) is 0.387. The van der Waals surface area contributed by atoms with Gasteiger partial charge in [-0.15, -0.1) is 0 Å². The molecule has 0 aliphatic carbocycles. The van der Waals surface area contributed by atoms with E-state index in [1.54, 1.807) is 65.8 Å². The lowest BCUT2D eigenvalue weighted by Crippen LogP contribution is -2.63. The maximum Gasteiger partial charge on any atom is 0.411 e. The van der Waals surface area contributed by atoms with Crippen LogP contribution in [0.15, 0.2) is 42.0 Å². The van der Waals surface area contributed by atoms with Crippen molar-refractivity contribution in [3.05, 3.63) is 53.6 Å². The molecule has 13 nitrogen and oxygen atoms in total. The van der Waals surface area contributed by atoms with Gasteiger partial charge in [0.15, 0.2) is 12.1 Å². The van der Waals surface area contributed by atoms with E-state index < -0.39 is 103 Å². The summed E-state index contributed by atoms with van der Waals surface area (Å²) in [5.74, 6) is -6.26. The molecule has 2 aliphatic heterocycles. The number of benzene rings is 1. The molecular formula is C37H52F2N2O11. The van der Waals surface area contributed by atoms with E-state index in [1.807, 2.05) is 0 Å². The molecule has 4 N–H and O–H groups in total. The van der Waals surface area contributed by atoms with Crippen LogP contribution in [0.1, 0.15) is 53.9 Å². The molecule has 1 unspecified atom stereocenters. The van der Waals surface area contributed by atoms with Crippen molar-refractivity contribution in [3.8, 4) is 0 Å². The highest BCUT2D eigenvalue weighted by atomic mass is 19.1. The number of allylic oxidation sites excluding steroid dienone is 3. The molecule has 0 spiro atoms. The van der Waals surface area contributed by atoms with Crippen molar-refractivity contribution in [1.29, 1.82) is 0 Å². The van der Waals surface area contributed by atoms with E-state index in [9.17, 15) is 43.3 Å². The van der Waals surface area contributed by atoms with Crippen LogP contribution < -0.4 is 5.32 Å². The highest BCUT2D eigenvalue weighted by Crippen LogP contribution is 2.32. The Balaban J connectivity index is 1.90. The van der Waals surface area contributed by atoms with E-state index in [1.165, 1.54) is 6.08 Å².